The lowest BCUT2D eigenvalue weighted by Crippen LogP contribution is -2.67. The van der Waals surface area contributed by atoms with Gasteiger partial charge in [-0.15, -0.1) is 0 Å². The molecule has 2 atom stereocenters. The first-order valence-electron chi connectivity index (χ1n) is 8.99. The highest BCUT2D eigenvalue weighted by Gasteiger charge is 2.85. The van der Waals surface area contributed by atoms with E-state index < -0.39 is 81.8 Å². The molecule has 224 valence electrons. The van der Waals surface area contributed by atoms with Crippen molar-refractivity contribution < 1.29 is 97.7 Å². The smallest absolute Gasteiger partial charge is 0.309 e. The van der Waals surface area contributed by atoms with E-state index in [0.717, 1.165) is 13.8 Å². The van der Waals surface area contributed by atoms with Gasteiger partial charge in [0.2, 0.25) is 0 Å². The van der Waals surface area contributed by atoms with Gasteiger partial charge < -0.3 is 9.05 Å². The first-order chi connectivity index (χ1) is 16.0. The Morgan fingerprint density at radius 2 is 0.973 bits per heavy atom. The molecule has 0 aromatic rings. The molecule has 0 saturated heterocycles. The van der Waals surface area contributed by atoms with Gasteiger partial charge in [-0.05, 0) is 13.8 Å². The average molecular weight is 616 g/mol. The van der Waals surface area contributed by atoms with Crippen LogP contribution in [-0.4, -0.2) is 67.8 Å². The van der Waals surface area contributed by atoms with E-state index in [4.69, 9.17) is 0 Å². The summed E-state index contributed by atoms with van der Waals surface area (Å²) in [5.74, 6) is -22.1. The van der Waals surface area contributed by atoms with Crippen LogP contribution in [0.25, 0.3) is 0 Å². The zero-order valence-corrected chi connectivity index (χ0v) is 18.6. The van der Waals surface area contributed by atoms with E-state index in [-0.39, 0.29) is 0 Å². The minimum Gasteiger partial charge on any atom is -0.309 e. The van der Waals surface area contributed by atoms with Crippen molar-refractivity contribution in [3.63, 3.8) is 0 Å². The summed E-state index contributed by atoms with van der Waals surface area (Å²) in [7, 11) is -4.85. The van der Waals surface area contributed by atoms with Crippen LogP contribution in [0.4, 0.5) is 74.6 Å². The number of halogens is 17. The summed E-state index contributed by atoms with van der Waals surface area (Å²) in [6, 6.07) is 0. The van der Waals surface area contributed by atoms with Crippen molar-refractivity contribution in [3.8, 4) is 0 Å². The van der Waals surface area contributed by atoms with Gasteiger partial charge >= 0.3 is 56.0 Å². The summed E-state index contributed by atoms with van der Waals surface area (Å²) >= 11 is 0. The Bertz CT molecular complexity index is 800. The van der Waals surface area contributed by atoms with Crippen molar-refractivity contribution >= 4 is 7.60 Å². The topological polar surface area (TPSA) is 54.0 Å². The van der Waals surface area contributed by atoms with Crippen molar-refractivity contribution in [1.29, 1.82) is 0 Å². The van der Waals surface area contributed by atoms with Crippen molar-refractivity contribution in [2.75, 3.05) is 19.4 Å². The molecule has 0 saturated carbocycles. The molecule has 0 bridgehead atoms. The summed E-state index contributed by atoms with van der Waals surface area (Å²) in [6.45, 7) is 0.741. The van der Waals surface area contributed by atoms with Crippen LogP contribution < -0.4 is 0 Å². The fraction of sp³-hybridized carbons (Fsp3) is 1.00. The second kappa shape index (κ2) is 10.8. The lowest BCUT2D eigenvalue weighted by atomic mass is 10.2. The Morgan fingerprint density at radius 3 is 1.27 bits per heavy atom. The van der Waals surface area contributed by atoms with E-state index in [1.165, 1.54) is 4.74 Å². The fourth-order valence-electron chi connectivity index (χ4n) is 2.05. The number of alkyl halides is 17. The average Bonchev–Trinajstić information content (AvgIpc) is 2.63. The van der Waals surface area contributed by atoms with Gasteiger partial charge in [0.05, 0.1) is 19.4 Å². The molecule has 0 rings (SSSR count). The number of hydrogen-bond donors (Lipinski definition) is 0. The van der Waals surface area contributed by atoms with Crippen LogP contribution in [-0.2, 0) is 23.1 Å². The van der Waals surface area contributed by atoms with E-state index in [1.807, 2.05) is 0 Å². The molecule has 0 aliphatic rings. The minimum atomic E-state index is -7.97. The highest BCUT2D eigenvalue weighted by atomic mass is 31.2. The monoisotopic (exact) mass is 616 g/mol. The normalized spacial score (nSPS) is 18.5. The standard InChI is InChI=1S/C14H14F17O5P/c1-3-33-37(32,34-4-2)6-5-7(15,10(19,20)21)35-14(30,31)9(18,12(25,26)27)36-13(28,29)8(16,17)11(22,23)24/h3-6H2,1-2H3. The lowest BCUT2D eigenvalue weighted by molar-refractivity contribution is -0.552. The third kappa shape index (κ3) is 7.51. The Balaban J connectivity index is 6.63. The lowest BCUT2D eigenvalue weighted by Gasteiger charge is -2.40. The molecule has 2 unspecified atom stereocenters. The second-order valence-electron chi connectivity index (χ2n) is 6.55. The van der Waals surface area contributed by atoms with Gasteiger partial charge in [-0.1, -0.05) is 0 Å². The van der Waals surface area contributed by atoms with E-state index >= 15 is 0 Å². The summed E-state index contributed by atoms with van der Waals surface area (Å²) in [5, 5.41) is 0. The number of hydrogen-bond acceptors (Lipinski definition) is 5. The maximum Gasteiger partial charge on any atom is 0.462 e. The van der Waals surface area contributed by atoms with Gasteiger partial charge in [0, 0.05) is 6.42 Å². The summed E-state index contributed by atoms with van der Waals surface area (Å²) in [4.78, 5) is 0. The van der Waals surface area contributed by atoms with E-state index in [9.17, 15) is 79.2 Å². The van der Waals surface area contributed by atoms with Crippen molar-refractivity contribution in [2.45, 2.75) is 68.6 Å². The summed E-state index contributed by atoms with van der Waals surface area (Å²) in [6.07, 6.45) is -42.8. The molecule has 0 aliphatic carbocycles. The van der Waals surface area contributed by atoms with E-state index in [2.05, 4.69) is 13.8 Å². The molecule has 0 spiro atoms. The molecule has 0 N–H and O–H groups in total. The summed E-state index contributed by atoms with van der Waals surface area (Å²) < 4.78 is 247. The number of rotatable bonds is 13. The maximum atomic E-state index is 14.4. The van der Waals surface area contributed by atoms with Crippen LogP contribution in [0.1, 0.15) is 20.3 Å². The Hall–Kier alpha value is -1.12. The van der Waals surface area contributed by atoms with Gasteiger partial charge in [-0.2, -0.15) is 70.2 Å². The highest BCUT2D eigenvalue weighted by molar-refractivity contribution is 7.53. The number of ether oxygens (including phenoxy) is 2. The van der Waals surface area contributed by atoms with E-state index in [1.54, 1.807) is 0 Å². The zero-order chi connectivity index (χ0) is 30.2. The first-order valence-corrected chi connectivity index (χ1v) is 10.7. The maximum absolute atomic E-state index is 14.4. The molecule has 0 radical (unpaired) electrons. The van der Waals surface area contributed by atoms with Gasteiger partial charge in [0.15, 0.2) is 0 Å². The predicted molar refractivity (Wildman–Crippen MR) is 83.2 cm³/mol. The molecule has 37 heavy (non-hydrogen) atoms. The van der Waals surface area contributed by atoms with Crippen molar-refractivity contribution in [3.05, 3.63) is 0 Å². The second-order valence-corrected chi connectivity index (χ2v) is 8.73. The van der Waals surface area contributed by atoms with Gasteiger partial charge in [0.1, 0.15) is 0 Å². The van der Waals surface area contributed by atoms with Crippen LogP contribution in [0.5, 0.6) is 0 Å². The molecular weight excluding hydrogens is 602 g/mol. The largest absolute Gasteiger partial charge is 0.462 e. The molecule has 0 aliphatic heterocycles. The van der Waals surface area contributed by atoms with Crippen LogP contribution in [0, 0.1) is 0 Å². The van der Waals surface area contributed by atoms with Crippen LogP contribution in [0.3, 0.4) is 0 Å². The highest BCUT2D eigenvalue weighted by Crippen LogP contribution is 2.58. The predicted octanol–water partition coefficient (Wildman–Crippen LogP) is 7.52. The SMILES string of the molecule is CCOP(=O)(CCC(F)(OC(F)(F)C(F)(OC(F)(F)C(F)(F)C(F)(F)F)C(F)(F)F)C(F)(F)F)OCC. The Morgan fingerprint density at radius 1 is 0.568 bits per heavy atom. The third-order valence-electron chi connectivity index (χ3n) is 3.80. The molecule has 0 aromatic carbocycles. The van der Waals surface area contributed by atoms with Crippen molar-refractivity contribution in [2.24, 2.45) is 0 Å². The summed E-state index contributed by atoms with van der Waals surface area (Å²) in [5.41, 5.74) is 0. The van der Waals surface area contributed by atoms with Crippen LogP contribution in [0.15, 0.2) is 0 Å². The molecule has 0 fully saturated rings. The van der Waals surface area contributed by atoms with Gasteiger partial charge in [0.25, 0.3) is 0 Å². The minimum absolute atomic E-state index is 0.655. The molecule has 23 heteroatoms. The molecular formula is C14H14F17O5P. The quantitative estimate of drug-likeness (QED) is 0.158. The van der Waals surface area contributed by atoms with E-state index in [0.29, 0.717) is 0 Å². The van der Waals surface area contributed by atoms with Gasteiger partial charge in [-0.25, -0.2) is 4.39 Å². The third-order valence-corrected chi connectivity index (χ3v) is 5.88. The molecule has 0 heterocycles. The Labute approximate surface area is 194 Å². The van der Waals surface area contributed by atoms with Crippen LogP contribution >= 0.6 is 7.60 Å². The molecule has 0 aromatic heterocycles. The van der Waals surface area contributed by atoms with Crippen LogP contribution in [0.2, 0.25) is 0 Å². The molecule has 0 amide bonds. The zero-order valence-electron chi connectivity index (χ0n) is 17.7. The molecule has 5 nitrogen and oxygen atoms in total. The first kappa shape index (κ1) is 35.9. The fourth-order valence-corrected chi connectivity index (χ4v) is 3.73. The van der Waals surface area contributed by atoms with Gasteiger partial charge in [-0.3, -0.25) is 14.0 Å². The Kier molecular flexibility index (Phi) is 10.5. The van der Waals surface area contributed by atoms with Crippen molar-refractivity contribution in [1.82, 2.24) is 0 Å².